The number of rotatable bonds is 13. The highest BCUT2D eigenvalue weighted by Gasteiger charge is 2.33. The minimum atomic E-state index is -3.86. The summed E-state index contributed by atoms with van der Waals surface area (Å²) in [5.74, 6) is -0.839. The van der Waals surface area contributed by atoms with Crippen molar-refractivity contribution in [1.29, 1.82) is 0 Å². The quantitative estimate of drug-likeness (QED) is 0.212. The third-order valence-electron chi connectivity index (χ3n) is 7.14. The maximum Gasteiger partial charge on any atom is 0.244 e. The summed E-state index contributed by atoms with van der Waals surface area (Å²) in [5, 5.41) is 3.65. The lowest BCUT2D eigenvalue weighted by Gasteiger charge is -2.33. The summed E-state index contributed by atoms with van der Waals surface area (Å²) in [6.45, 7) is 8.24. The summed E-state index contributed by atoms with van der Waals surface area (Å²) in [4.78, 5) is 29.3. The summed E-state index contributed by atoms with van der Waals surface area (Å²) >= 11 is 12.4. The molecule has 0 aliphatic rings. The maximum absolute atomic E-state index is 14.2. The number of carbonyl (C=O) groups is 2. The van der Waals surface area contributed by atoms with E-state index in [0.717, 1.165) is 34.5 Å². The Morgan fingerprint density at radius 2 is 1.56 bits per heavy atom. The first-order valence-electron chi connectivity index (χ1n) is 14.3. The Hall–Kier alpha value is -3.07. The van der Waals surface area contributed by atoms with Gasteiger partial charge in [-0.2, -0.15) is 0 Å². The van der Waals surface area contributed by atoms with Crippen LogP contribution in [0.5, 0.6) is 0 Å². The predicted octanol–water partition coefficient (Wildman–Crippen LogP) is 6.61. The molecule has 0 spiro atoms. The van der Waals surface area contributed by atoms with Gasteiger partial charge in [0.2, 0.25) is 21.8 Å². The molecule has 10 heteroatoms. The van der Waals surface area contributed by atoms with Crippen molar-refractivity contribution >= 4 is 50.7 Å². The van der Waals surface area contributed by atoms with Gasteiger partial charge in [-0.05, 0) is 52.8 Å². The summed E-state index contributed by atoms with van der Waals surface area (Å²) in [6, 6.07) is 20.7. The van der Waals surface area contributed by atoms with Crippen LogP contribution >= 0.6 is 23.2 Å². The number of sulfonamides is 1. The van der Waals surface area contributed by atoms with E-state index in [9.17, 15) is 18.0 Å². The smallest absolute Gasteiger partial charge is 0.244 e. The first-order valence-corrected chi connectivity index (χ1v) is 16.9. The Bertz CT molecular complexity index is 1490. The van der Waals surface area contributed by atoms with Gasteiger partial charge in [0, 0.05) is 19.5 Å². The number of hydrogen-bond donors (Lipinski definition) is 1. The number of carbonyl (C=O) groups excluding carboxylic acids is 2. The molecule has 0 aliphatic heterocycles. The monoisotopic (exact) mass is 645 g/mol. The highest BCUT2D eigenvalue weighted by molar-refractivity contribution is 7.92. The van der Waals surface area contributed by atoms with E-state index >= 15 is 0 Å². The summed E-state index contributed by atoms with van der Waals surface area (Å²) in [6.07, 6.45) is 3.00. The molecule has 0 aromatic heterocycles. The van der Waals surface area contributed by atoms with Crippen LogP contribution in [0, 0.1) is 0 Å². The zero-order chi connectivity index (χ0) is 31.8. The van der Waals surface area contributed by atoms with Crippen molar-refractivity contribution in [2.24, 2.45) is 0 Å². The fourth-order valence-corrected chi connectivity index (χ4v) is 5.81. The highest BCUT2D eigenvalue weighted by Crippen LogP contribution is 2.27. The predicted molar refractivity (Wildman–Crippen MR) is 176 cm³/mol. The van der Waals surface area contributed by atoms with Gasteiger partial charge in [-0.15, -0.1) is 0 Å². The van der Waals surface area contributed by atoms with E-state index in [1.165, 1.54) is 4.90 Å². The zero-order valence-corrected chi connectivity index (χ0v) is 27.8. The van der Waals surface area contributed by atoms with Gasteiger partial charge < -0.3 is 10.2 Å². The summed E-state index contributed by atoms with van der Waals surface area (Å²) in [5.41, 5.74) is 2.79. The van der Waals surface area contributed by atoms with E-state index < -0.39 is 28.5 Å². The van der Waals surface area contributed by atoms with E-state index in [4.69, 9.17) is 23.2 Å². The molecule has 3 aromatic rings. The largest absolute Gasteiger partial charge is 0.354 e. The van der Waals surface area contributed by atoms with Crippen LogP contribution in [0.1, 0.15) is 57.2 Å². The SMILES string of the molecule is CCCCNC(=O)[C@H](Cc1ccccc1)N(Cc1ccc(Cl)c(Cl)c1)C(=O)CN(c1ccc(C(C)(C)C)cc1)S(C)(=O)=O. The lowest BCUT2D eigenvalue weighted by molar-refractivity contribution is -0.140. The number of benzene rings is 3. The van der Waals surface area contributed by atoms with Crippen molar-refractivity contribution in [3.63, 3.8) is 0 Å². The fourth-order valence-electron chi connectivity index (χ4n) is 4.64. The first-order chi connectivity index (χ1) is 20.2. The van der Waals surface area contributed by atoms with Gasteiger partial charge in [-0.1, -0.05) is 106 Å². The molecule has 1 atom stereocenters. The molecule has 1 N–H and O–H groups in total. The number of anilines is 1. The van der Waals surface area contributed by atoms with Gasteiger partial charge in [-0.25, -0.2) is 8.42 Å². The normalized spacial score (nSPS) is 12.4. The van der Waals surface area contributed by atoms with Crippen molar-refractivity contribution in [2.75, 3.05) is 23.7 Å². The van der Waals surface area contributed by atoms with E-state index in [1.807, 2.05) is 49.4 Å². The van der Waals surface area contributed by atoms with E-state index in [1.54, 1.807) is 30.3 Å². The summed E-state index contributed by atoms with van der Waals surface area (Å²) in [7, 11) is -3.86. The van der Waals surface area contributed by atoms with Gasteiger partial charge >= 0.3 is 0 Å². The van der Waals surface area contributed by atoms with Gasteiger partial charge in [0.25, 0.3) is 0 Å². The van der Waals surface area contributed by atoms with Crippen LogP contribution in [-0.2, 0) is 38.0 Å². The molecular weight excluding hydrogens is 605 g/mol. The summed E-state index contributed by atoms with van der Waals surface area (Å²) < 4.78 is 27.1. The number of amides is 2. The molecule has 232 valence electrons. The Kier molecular flexibility index (Phi) is 12.1. The molecule has 3 rings (SSSR count). The van der Waals surface area contributed by atoms with Crippen LogP contribution < -0.4 is 9.62 Å². The zero-order valence-electron chi connectivity index (χ0n) is 25.4. The van der Waals surface area contributed by atoms with Crippen LogP contribution in [0.3, 0.4) is 0 Å². The number of nitrogens with one attached hydrogen (secondary N) is 1. The van der Waals surface area contributed by atoms with Crippen molar-refractivity contribution in [1.82, 2.24) is 10.2 Å². The van der Waals surface area contributed by atoms with E-state index in [2.05, 4.69) is 26.1 Å². The van der Waals surface area contributed by atoms with E-state index in [0.29, 0.717) is 27.8 Å². The molecule has 0 unspecified atom stereocenters. The van der Waals surface area contributed by atoms with Crippen LogP contribution in [0.4, 0.5) is 5.69 Å². The molecular formula is C33H41Cl2N3O4S. The van der Waals surface area contributed by atoms with Gasteiger partial charge in [0.1, 0.15) is 12.6 Å². The van der Waals surface area contributed by atoms with Crippen LogP contribution in [-0.4, -0.2) is 50.5 Å². The van der Waals surface area contributed by atoms with Gasteiger partial charge in [-0.3, -0.25) is 13.9 Å². The Balaban J connectivity index is 2.05. The van der Waals surface area contributed by atoms with Crippen molar-refractivity contribution in [3.05, 3.63) is 99.5 Å². The molecule has 0 aliphatic carbocycles. The third-order valence-corrected chi connectivity index (χ3v) is 9.02. The molecule has 3 aromatic carbocycles. The van der Waals surface area contributed by atoms with Crippen molar-refractivity contribution in [2.45, 2.75) is 65.0 Å². The molecule has 2 amide bonds. The Morgan fingerprint density at radius 1 is 0.907 bits per heavy atom. The lowest BCUT2D eigenvalue weighted by Crippen LogP contribution is -2.53. The third kappa shape index (κ3) is 9.98. The minimum Gasteiger partial charge on any atom is -0.354 e. The average Bonchev–Trinajstić information content (AvgIpc) is 2.95. The number of halogens is 2. The second-order valence-corrected chi connectivity index (χ2v) is 14.4. The molecule has 7 nitrogen and oxygen atoms in total. The highest BCUT2D eigenvalue weighted by atomic mass is 35.5. The Morgan fingerprint density at radius 3 is 2.12 bits per heavy atom. The molecule has 43 heavy (non-hydrogen) atoms. The lowest BCUT2D eigenvalue weighted by atomic mass is 9.87. The number of unbranched alkanes of at least 4 members (excludes halogenated alkanes) is 1. The number of hydrogen-bond acceptors (Lipinski definition) is 4. The second kappa shape index (κ2) is 15.1. The topological polar surface area (TPSA) is 86.8 Å². The van der Waals surface area contributed by atoms with Gasteiger partial charge in [0.05, 0.1) is 22.0 Å². The first kappa shape index (κ1) is 34.4. The molecule has 0 bridgehead atoms. The molecule has 0 radical (unpaired) electrons. The second-order valence-electron chi connectivity index (χ2n) is 11.7. The molecule has 0 saturated heterocycles. The Labute approximate surface area is 266 Å². The number of nitrogens with zero attached hydrogens (tertiary/aromatic N) is 2. The molecule has 0 fully saturated rings. The van der Waals surface area contributed by atoms with Crippen LogP contribution in [0.15, 0.2) is 72.8 Å². The van der Waals surface area contributed by atoms with Crippen molar-refractivity contribution < 1.29 is 18.0 Å². The van der Waals surface area contributed by atoms with Crippen LogP contribution in [0.2, 0.25) is 10.0 Å². The molecule has 0 saturated carbocycles. The van der Waals surface area contributed by atoms with E-state index in [-0.39, 0.29) is 24.3 Å². The molecule has 0 heterocycles. The maximum atomic E-state index is 14.2. The van der Waals surface area contributed by atoms with Crippen LogP contribution in [0.25, 0.3) is 0 Å². The average molecular weight is 647 g/mol. The van der Waals surface area contributed by atoms with Crippen molar-refractivity contribution in [3.8, 4) is 0 Å². The minimum absolute atomic E-state index is 0.0228. The van der Waals surface area contributed by atoms with Gasteiger partial charge in [0.15, 0.2) is 0 Å². The fraction of sp³-hybridized carbons (Fsp3) is 0.394. The standard InChI is InChI=1S/C33H41Cl2N3O4S/c1-6-7-19-36-32(40)30(21-24-11-9-8-10-12-24)37(22-25-13-18-28(34)29(35)20-25)31(39)23-38(43(5,41)42)27-16-14-26(15-17-27)33(2,3)4/h8-18,20,30H,6-7,19,21-23H2,1-5H3,(H,36,40)/t30-/m0/s1.